The second-order valence-electron chi connectivity index (χ2n) is 5.49. The standard InChI is InChI=1S/C16H12FN3O2/c17-11-7-12(9-18-8-11)20-14(21)16(19-15(20)22)6-5-10-3-1-2-4-13(10)16/h1-4,7-9H,5-6H2,(H,19,22). The van der Waals surface area contributed by atoms with Gasteiger partial charge in [0.05, 0.1) is 18.1 Å². The molecule has 2 aliphatic rings. The van der Waals surface area contributed by atoms with E-state index in [9.17, 15) is 14.0 Å². The second-order valence-corrected chi connectivity index (χ2v) is 5.49. The highest BCUT2D eigenvalue weighted by Gasteiger charge is 2.55. The van der Waals surface area contributed by atoms with Crippen LogP contribution < -0.4 is 10.2 Å². The van der Waals surface area contributed by atoms with Crippen molar-refractivity contribution in [1.82, 2.24) is 10.3 Å². The van der Waals surface area contributed by atoms with Crippen molar-refractivity contribution in [2.45, 2.75) is 18.4 Å². The third-order valence-corrected chi connectivity index (χ3v) is 4.29. The molecule has 1 unspecified atom stereocenters. The van der Waals surface area contributed by atoms with E-state index in [0.29, 0.717) is 6.42 Å². The Morgan fingerprint density at radius 3 is 2.86 bits per heavy atom. The number of carbonyl (C=O) groups excluding carboxylic acids is 2. The Labute approximate surface area is 125 Å². The first-order valence-electron chi connectivity index (χ1n) is 6.97. The van der Waals surface area contributed by atoms with Crippen molar-refractivity contribution in [3.63, 3.8) is 0 Å². The summed E-state index contributed by atoms with van der Waals surface area (Å²) < 4.78 is 13.4. The summed E-state index contributed by atoms with van der Waals surface area (Å²) >= 11 is 0. The Kier molecular flexibility index (Phi) is 2.57. The van der Waals surface area contributed by atoms with Crippen LogP contribution in [0.2, 0.25) is 0 Å². The number of carbonyl (C=O) groups is 2. The molecule has 1 atom stereocenters. The minimum atomic E-state index is -1.04. The lowest BCUT2D eigenvalue weighted by Gasteiger charge is -2.22. The van der Waals surface area contributed by atoms with Crippen LogP contribution >= 0.6 is 0 Å². The van der Waals surface area contributed by atoms with E-state index in [1.54, 1.807) is 0 Å². The zero-order chi connectivity index (χ0) is 15.3. The van der Waals surface area contributed by atoms with Crippen LogP contribution in [0.25, 0.3) is 0 Å². The van der Waals surface area contributed by atoms with Gasteiger partial charge in [-0.3, -0.25) is 9.78 Å². The van der Waals surface area contributed by atoms with E-state index in [1.807, 2.05) is 24.3 Å². The molecule has 1 aromatic carbocycles. The monoisotopic (exact) mass is 297 g/mol. The quantitative estimate of drug-likeness (QED) is 0.820. The zero-order valence-corrected chi connectivity index (χ0v) is 11.5. The summed E-state index contributed by atoms with van der Waals surface area (Å²) in [5.74, 6) is -0.972. The minimum Gasteiger partial charge on any atom is -0.319 e. The third-order valence-electron chi connectivity index (χ3n) is 4.29. The van der Waals surface area contributed by atoms with Crippen LogP contribution in [0.5, 0.6) is 0 Å². The second kappa shape index (κ2) is 4.37. The maximum atomic E-state index is 13.4. The van der Waals surface area contributed by atoms with Gasteiger partial charge in [-0.25, -0.2) is 14.1 Å². The molecular weight excluding hydrogens is 285 g/mol. The van der Waals surface area contributed by atoms with E-state index >= 15 is 0 Å². The highest BCUT2D eigenvalue weighted by molar-refractivity contribution is 6.23. The van der Waals surface area contributed by atoms with Crippen LogP contribution in [0.4, 0.5) is 14.9 Å². The molecule has 0 saturated carbocycles. The largest absolute Gasteiger partial charge is 0.330 e. The summed E-state index contributed by atoms with van der Waals surface area (Å²) in [7, 11) is 0. The van der Waals surface area contributed by atoms with Gasteiger partial charge in [0.15, 0.2) is 0 Å². The maximum Gasteiger partial charge on any atom is 0.330 e. The number of anilines is 1. The van der Waals surface area contributed by atoms with Gasteiger partial charge in [0.1, 0.15) is 11.4 Å². The van der Waals surface area contributed by atoms with Gasteiger partial charge in [-0.05, 0) is 24.0 Å². The Morgan fingerprint density at radius 2 is 2.05 bits per heavy atom. The predicted octanol–water partition coefficient (Wildman–Crippen LogP) is 2.12. The topological polar surface area (TPSA) is 62.3 Å². The summed E-state index contributed by atoms with van der Waals surface area (Å²) in [4.78, 5) is 29.9. The Balaban J connectivity index is 1.81. The number of nitrogens with zero attached hydrogens (tertiary/aromatic N) is 2. The van der Waals surface area contributed by atoms with Crippen molar-refractivity contribution in [2.75, 3.05) is 4.90 Å². The summed E-state index contributed by atoms with van der Waals surface area (Å²) in [6.07, 6.45) is 3.57. The van der Waals surface area contributed by atoms with E-state index < -0.39 is 17.4 Å². The predicted molar refractivity (Wildman–Crippen MR) is 76.7 cm³/mol. The van der Waals surface area contributed by atoms with Crippen molar-refractivity contribution in [1.29, 1.82) is 0 Å². The smallest absolute Gasteiger partial charge is 0.319 e. The van der Waals surface area contributed by atoms with Gasteiger partial charge in [0, 0.05) is 6.07 Å². The number of fused-ring (bicyclic) bond motifs is 2. The molecule has 0 radical (unpaired) electrons. The van der Waals surface area contributed by atoms with Gasteiger partial charge >= 0.3 is 6.03 Å². The van der Waals surface area contributed by atoms with Gasteiger partial charge < -0.3 is 5.32 Å². The van der Waals surface area contributed by atoms with E-state index in [0.717, 1.165) is 34.7 Å². The van der Waals surface area contributed by atoms with Crippen molar-refractivity contribution in [3.05, 3.63) is 59.7 Å². The van der Waals surface area contributed by atoms with Gasteiger partial charge in [0.25, 0.3) is 5.91 Å². The lowest BCUT2D eigenvalue weighted by Crippen LogP contribution is -2.42. The molecule has 2 heterocycles. The minimum absolute atomic E-state index is 0.142. The molecule has 2 aromatic rings. The van der Waals surface area contributed by atoms with Gasteiger partial charge in [-0.1, -0.05) is 24.3 Å². The average molecular weight is 297 g/mol. The van der Waals surface area contributed by atoms with Gasteiger partial charge in [-0.15, -0.1) is 0 Å². The van der Waals surface area contributed by atoms with Crippen molar-refractivity contribution < 1.29 is 14.0 Å². The molecule has 1 aliphatic heterocycles. The lowest BCUT2D eigenvalue weighted by molar-refractivity contribution is -0.122. The number of imide groups is 1. The number of aryl methyl sites for hydroxylation is 1. The number of hydrogen-bond donors (Lipinski definition) is 1. The van der Waals surface area contributed by atoms with Crippen LogP contribution in [-0.2, 0) is 16.8 Å². The molecule has 1 fully saturated rings. The highest BCUT2D eigenvalue weighted by Crippen LogP contribution is 2.42. The number of aromatic nitrogens is 1. The van der Waals surface area contributed by atoms with E-state index in [1.165, 1.54) is 6.20 Å². The molecule has 1 aromatic heterocycles. The summed E-state index contributed by atoms with van der Waals surface area (Å²) in [6, 6.07) is 8.15. The number of rotatable bonds is 1. The molecular formula is C16H12FN3O2. The number of nitrogens with one attached hydrogen (secondary N) is 1. The first-order chi connectivity index (χ1) is 10.6. The van der Waals surface area contributed by atoms with Crippen molar-refractivity contribution in [2.24, 2.45) is 0 Å². The SMILES string of the molecule is O=C1NC2(CCc3ccccc32)C(=O)N1c1cncc(F)c1. The molecule has 1 spiro atoms. The summed E-state index contributed by atoms with van der Waals surface area (Å²) in [5, 5.41) is 2.79. The molecule has 4 rings (SSSR count). The highest BCUT2D eigenvalue weighted by atomic mass is 19.1. The number of benzene rings is 1. The summed E-state index contributed by atoms with van der Waals surface area (Å²) in [5.41, 5.74) is 0.972. The fourth-order valence-corrected chi connectivity index (χ4v) is 3.30. The molecule has 0 bridgehead atoms. The maximum absolute atomic E-state index is 13.4. The molecule has 110 valence electrons. The molecule has 5 nitrogen and oxygen atoms in total. The van der Waals surface area contributed by atoms with Gasteiger partial charge in [-0.2, -0.15) is 0 Å². The Morgan fingerprint density at radius 1 is 1.23 bits per heavy atom. The molecule has 1 aliphatic carbocycles. The van der Waals surface area contributed by atoms with E-state index in [-0.39, 0.29) is 11.6 Å². The van der Waals surface area contributed by atoms with E-state index in [2.05, 4.69) is 10.3 Å². The number of urea groups is 1. The van der Waals surface area contributed by atoms with Gasteiger partial charge in [0.2, 0.25) is 0 Å². The molecule has 3 amide bonds. The van der Waals surface area contributed by atoms with Crippen molar-refractivity contribution >= 4 is 17.6 Å². The normalized spacial score (nSPS) is 23.0. The van der Waals surface area contributed by atoms with Crippen LogP contribution in [0.15, 0.2) is 42.7 Å². The molecule has 1 saturated heterocycles. The average Bonchev–Trinajstić information content (AvgIpc) is 2.99. The Hall–Kier alpha value is -2.76. The molecule has 22 heavy (non-hydrogen) atoms. The van der Waals surface area contributed by atoms with Crippen LogP contribution in [0, 0.1) is 5.82 Å². The van der Waals surface area contributed by atoms with E-state index in [4.69, 9.17) is 0 Å². The molecule has 6 heteroatoms. The number of hydrogen-bond acceptors (Lipinski definition) is 3. The molecule has 1 N–H and O–H groups in total. The number of amides is 3. The fraction of sp³-hybridized carbons (Fsp3) is 0.188. The Bertz CT molecular complexity index is 807. The first-order valence-corrected chi connectivity index (χ1v) is 6.97. The zero-order valence-electron chi connectivity index (χ0n) is 11.5. The lowest BCUT2D eigenvalue weighted by atomic mass is 9.92. The fourth-order valence-electron chi connectivity index (χ4n) is 3.30. The third kappa shape index (κ3) is 1.60. The summed E-state index contributed by atoms with van der Waals surface area (Å²) in [6.45, 7) is 0. The van der Waals surface area contributed by atoms with Crippen LogP contribution in [0.1, 0.15) is 17.5 Å². The number of halogens is 1. The van der Waals surface area contributed by atoms with Crippen molar-refractivity contribution in [3.8, 4) is 0 Å². The van der Waals surface area contributed by atoms with Crippen LogP contribution in [0.3, 0.4) is 0 Å². The first kappa shape index (κ1) is 12.9. The van der Waals surface area contributed by atoms with Crippen LogP contribution in [-0.4, -0.2) is 16.9 Å². The number of pyridine rings is 1.